The molecule has 1 N–H and O–H groups in total. The Morgan fingerprint density at radius 1 is 1.12 bits per heavy atom. The van der Waals surface area contributed by atoms with Crippen molar-refractivity contribution in [3.05, 3.63) is 83.2 Å². The first-order valence-electron chi connectivity index (χ1n) is 10.4. The summed E-state index contributed by atoms with van der Waals surface area (Å²) >= 11 is 5.90. The lowest BCUT2D eigenvalue weighted by Gasteiger charge is -2.15. The molecule has 7 nitrogen and oxygen atoms in total. The molecule has 0 radical (unpaired) electrons. The van der Waals surface area contributed by atoms with Crippen molar-refractivity contribution in [1.82, 2.24) is 19.5 Å². The van der Waals surface area contributed by atoms with E-state index >= 15 is 0 Å². The molecule has 166 valence electrons. The van der Waals surface area contributed by atoms with Gasteiger partial charge >= 0.3 is 0 Å². The number of hydrogen-bond acceptors (Lipinski definition) is 5. The molecular weight excluding hydrogens is 445 g/mol. The molecule has 33 heavy (non-hydrogen) atoms. The quantitative estimate of drug-likeness (QED) is 0.403. The van der Waals surface area contributed by atoms with Gasteiger partial charge in [-0.3, -0.25) is 4.79 Å². The zero-order valence-electron chi connectivity index (χ0n) is 17.5. The average molecular weight is 464 g/mol. The predicted octanol–water partition coefficient (Wildman–Crippen LogP) is 4.97. The number of rotatable bonds is 1. The molecule has 1 aliphatic rings. The molecule has 5 rings (SSSR count). The van der Waals surface area contributed by atoms with Gasteiger partial charge in [0.1, 0.15) is 11.5 Å². The first-order chi connectivity index (χ1) is 16.1. The van der Waals surface area contributed by atoms with Gasteiger partial charge < -0.3 is 14.6 Å². The number of halogens is 2. The summed E-state index contributed by atoms with van der Waals surface area (Å²) in [5.74, 6) is 0.0671. The van der Waals surface area contributed by atoms with Gasteiger partial charge in [0, 0.05) is 42.9 Å². The van der Waals surface area contributed by atoms with E-state index in [2.05, 4.69) is 20.3 Å². The Morgan fingerprint density at radius 2 is 2.03 bits per heavy atom. The van der Waals surface area contributed by atoms with Crippen LogP contribution in [-0.4, -0.2) is 32.0 Å². The number of nitrogens with one attached hydrogen (secondary N) is 1. The number of ether oxygens (including phenoxy) is 1. The fraction of sp³-hybridized carbons (Fsp3) is 0.167. The first kappa shape index (κ1) is 21.2. The summed E-state index contributed by atoms with van der Waals surface area (Å²) in [7, 11) is 0. The molecule has 0 unspecified atom stereocenters. The van der Waals surface area contributed by atoms with Crippen LogP contribution in [0.2, 0.25) is 5.02 Å². The summed E-state index contributed by atoms with van der Waals surface area (Å²) in [5.41, 5.74) is 3.11. The van der Waals surface area contributed by atoms with Crippen molar-refractivity contribution in [2.45, 2.75) is 19.6 Å². The molecule has 0 fully saturated rings. The third-order valence-electron chi connectivity index (χ3n) is 5.36. The number of hydrogen-bond donors (Lipinski definition) is 1. The first-order valence-corrected chi connectivity index (χ1v) is 10.8. The van der Waals surface area contributed by atoms with Crippen LogP contribution in [0.4, 0.5) is 10.2 Å². The fourth-order valence-electron chi connectivity index (χ4n) is 3.73. The number of aromatic nitrogens is 4. The Balaban J connectivity index is 1.54. The van der Waals surface area contributed by atoms with Crippen LogP contribution >= 0.6 is 11.6 Å². The van der Waals surface area contributed by atoms with E-state index in [4.69, 9.17) is 16.3 Å². The molecule has 0 atom stereocenters. The zero-order chi connectivity index (χ0) is 22.8. The molecule has 0 saturated heterocycles. The molecule has 3 aromatic heterocycles. The number of aryl methyl sites for hydroxylation is 1. The van der Waals surface area contributed by atoms with Gasteiger partial charge in [-0.1, -0.05) is 29.8 Å². The third-order valence-corrected chi connectivity index (χ3v) is 5.63. The topological polar surface area (TPSA) is 81.9 Å². The minimum Gasteiger partial charge on any atom is -0.377 e. The predicted molar refractivity (Wildman–Crippen MR) is 122 cm³/mol. The molecule has 1 aliphatic heterocycles. The van der Waals surface area contributed by atoms with Crippen molar-refractivity contribution >= 4 is 23.3 Å². The van der Waals surface area contributed by atoms with Gasteiger partial charge in [-0.15, -0.1) is 0 Å². The van der Waals surface area contributed by atoms with Crippen LogP contribution in [0.5, 0.6) is 0 Å². The number of carbonyl (C=O) groups is 1. The van der Waals surface area contributed by atoms with Crippen molar-refractivity contribution < 1.29 is 13.9 Å². The van der Waals surface area contributed by atoms with E-state index < -0.39 is 5.95 Å². The Morgan fingerprint density at radius 3 is 2.91 bits per heavy atom. The zero-order valence-corrected chi connectivity index (χ0v) is 18.2. The van der Waals surface area contributed by atoms with E-state index in [1.807, 2.05) is 35.0 Å². The minimum atomic E-state index is -0.739. The molecular formula is C24H19ClFN5O2. The van der Waals surface area contributed by atoms with Crippen molar-refractivity contribution in [2.24, 2.45) is 0 Å². The second-order valence-electron chi connectivity index (χ2n) is 7.58. The molecule has 2 bridgehead atoms. The molecule has 9 heteroatoms. The summed E-state index contributed by atoms with van der Waals surface area (Å²) < 4.78 is 21.4. The summed E-state index contributed by atoms with van der Waals surface area (Å²) in [6, 6.07) is 12.3. The maximum absolute atomic E-state index is 13.5. The summed E-state index contributed by atoms with van der Waals surface area (Å²) in [6.07, 6.45) is 5.80. The highest BCUT2D eigenvalue weighted by Crippen LogP contribution is 2.27. The van der Waals surface area contributed by atoms with Crippen LogP contribution in [0.3, 0.4) is 0 Å². The number of amides is 1. The van der Waals surface area contributed by atoms with Crippen LogP contribution in [0, 0.1) is 5.95 Å². The highest BCUT2D eigenvalue weighted by Gasteiger charge is 2.17. The van der Waals surface area contributed by atoms with Crippen LogP contribution in [0.25, 0.3) is 22.6 Å². The van der Waals surface area contributed by atoms with Gasteiger partial charge in [0.2, 0.25) is 5.95 Å². The molecule has 4 aromatic rings. The number of fused-ring (bicyclic) bond motifs is 5. The van der Waals surface area contributed by atoms with Crippen LogP contribution < -0.4 is 5.32 Å². The van der Waals surface area contributed by atoms with Gasteiger partial charge in [0.15, 0.2) is 5.82 Å². The number of anilines is 1. The second-order valence-corrected chi connectivity index (χ2v) is 7.99. The lowest BCUT2D eigenvalue weighted by Crippen LogP contribution is -2.17. The summed E-state index contributed by atoms with van der Waals surface area (Å²) in [5, 5.41) is 2.79. The smallest absolute Gasteiger partial charge is 0.257 e. The maximum Gasteiger partial charge on any atom is 0.257 e. The Bertz CT molecular complexity index is 1340. The van der Waals surface area contributed by atoms with E-state index in [1.165, 1.54) is 12.3 Å². The SMILES string of the molecule is O=C1Nc2cccc(n2)-c2nccn2CCCOCc2ccc(-c3cnc(F)c(Cl)c3)cc21. The maximum atomic E-state index is 13.5. The van der Waals surface area contributed by atoms with Crippen molar-refractivity contribution in [1.29, 1.82) is 0 Å². The number of imidazole rings is 1. The van der Waals surface area contributed by atoms with E-state index in [0.717, 1.165) is 24.4 Å². The monoisotopic (exact) mass is 463 g/mol. The summed E-state index contributed by atoms with van der Waals surface area (Å²) in [4.78, 5) is 25.9. The number of benzene rings is 1. The molecule has 0 saturated carbocycles. The summed E-state index contributed by atoms with van der Waals surface area (Å²) in [6.45, 7) is 1.53. The second kappa shape index (κ2) is 9.09. The molecule has 4 heterocycles. The van der Waals surface area contributed by atoms with Crippen molar-refractivity contribution in [3.8, 4) is 22.6 Å². The number of pyridine rings is 2. The van der Waals surface area contributed by atoms with Crippen LogP contribution in [0.1, 0.15) is 22.3 Å². The van der Waals surface area contributed by atoms with Crippen LogP contribution in [-0.2, 0) is 17.9 Å². The average Bonchev–Trinajstić information content (AvgIpc) is 3.29. The van der Waals surface area contributed by atoms with E-state index in [1.54, 1.807) is 18.3 Å². The standard InChI is InChI=1S/C24H19ClFN5O2/c25-19-12-17(13-28-22(19)26)15-5-6-16-14-33-10-2-8-31-9-7-27-23(31)20-3-1-4-21(29-20)30-24(32)18(16)11-15/h1,3-7,9,11-13H,2,8,10,14H2,(H,29,30,32). The minimum absolute atomic E-state index is 0.0836. The Hall–Kier alpha value is -3.62. The highest BCUT2D eigenvalue weighted by molar-refractivity contribution is 6.30. The van der Waals surface area contributed by atoms with Gasteiger partial charge in [0.25, 0.3) is 5.91 Å². The number of nitrogens with zero attached hydrogens (tertiary/aromatic N) is 4. The molecule has 0 aliphatic carbocycles. The van der Waals surface area contributed by atoms with Gasteiger partial charge in [0.05, 0.1) is 11.6 Å². The van der Waals surface area contributed by atoms with Gasteiger partial charge in [-0.25, -0.2) is 15.0 Å². The molecule has 0 spiro atoms. The molecule has 1 aromatic carbocycles. The van der Waals surface area contributed by atoms with Crippen molar-refractivity contribution in [3.63, 3.8) is 0 Å². The van der Waals surface area contributed by atoms with Gasteiger partial charge in [-0.2, -0.15) is 4.39 Å². The van der Waals surface area contributed by atoms with E-state index in [0.29, 0.717) is 34.8 Å². The third kappa shape index (κ3) is 4.48. The lowest BCUT2D eigenvalue weighted by molar-refractivity contribution is 0.1000. The Kier molecular flexibility index (Phi) is 5.85. The normalized spacial score (nSPS) is 14.1. The van der Waals surface area contributed by atoms with E-state index in [9.17, 15) is 9.18 Å². The molecule has 1 amide bonds. The largest absolute Gasteiger partial charge is 0.377 e. The fourth-order valence-corrected chi connectivity index (χ4v) is 3.89. The highest BCUT2D eigenvalue weighted by atomic mass is 35.5. The van der Waals surface area contributed by atoms with Crippen LogP contribution in [0.15, 0.2) is 61.1 Å². The van der Waals surface area contributed by atoms with Gasteiger partial charge in [-0.05, 0) is 41.8 Å². The van der Waals surface area contributed by atoms with Crippen molar-refractivity contribution in [2.75, 3.05) is 11.9 Å². The Labute approximate surface area is 194 Å². The van der Waals surface area contributed by atoms with E-state index in [-0.39, 0.29) is 17.5 Å². The number of carbonyl (C=O) groups excluding carboxylic acids is 1. The lowest BCUT2D eigenvalue weighted by atomic mass is 9.99.